The van der Waals surface area contributed by atoms with Crippen molar-refractivity contribution in [3.05, 3.63) is 24.5 Å². The molecule has 0 bridgehead atoms. The molecule has 14 heavy (non-hydrogen) atoms. The van der Waals surface area contributed by atoms with Gasteiger partial charge >= 0.3 is 0 Å². The first-order valence-corrected chi connectivity index (χ1v) is 5.19. The highest BCUT2D eigenvalue weighted by atomic mass is 32.2. The lowest BCUT2D eigenvalue weighted by molar-refractivity contribution is 0.727. The molecule has 5 nitrogen and oxygen atoms in total. The molecule has 2 heterocycles. The fourth-order valence-corrected chi connectivity index (χ4v) is 1.99. The average Bonchev–Trinajstić information content (AvgIpc) is 2.72. The van der Waals surface area contributed by atoms with Gasteiger partial charge in [-0.05, 0) is 0 Å². The van der Waals surface area contributed by atoms with Gasteiger partial charge in [0.05, 0.1) is 5.75 Å². The van der Waals surface area contributed by atoms with Crippen molar-refractivity contribution in [1.29, 1.82) is 0 Å². The number of hydrogen-bond acceptors (Lipinski definition) is 4. The summed E-state index contributed by atoms with van der Waals surface area (Å²) in [6.07, 6.45) is 5.28. The van der Waals surface area contributed by atoms with Crippen LogP contribution in [0.5, 0.6) is 0 Å². The first kappa shape index (κ1) is 9.26. The van der Waals surface area contributed by atoms with Crippen molar-refractivity contribution >= 4 is 11.8 Å². The summed E-state index contributed by atoms with van der Waals surface area (Å²) in [7, 11) is 3.87. The van der Waals surface area contributed by atoms with E-state index >= 15 is 0 Å². The number of thioether (sulfide) groups is 1. The molecular weight excluding hydrogens is 198 g/mol. The lowest BCUT2D eigenvalue weighted by atomic mass is 10.7. The zero-order valence-electron chi connectivity index (χ0n) is 8.08. The number of aryl methyl sites for hydroxylation is 2. The predicted molar refractivity (Wildman–Crippen MR) is 53.8 cm³/mol. The molecule has 74 valence electrons. The Bertz CT molecular complexity index is 379. The topological polar surface area (TPSA) is 48.5 Å². The molecule has 0 aliphatic heterocycles. The zero-order chi connectivity index (χ0) is 9.97. The highest BCUT2D eigenvalue weighted by molar-refractivity contribution is 7.98. The Morgan fingerprint density at radius 3 is 2.79 bits per heavy atom. The first-order chi connectivity index (χ1) is 6.77. The van der Waals surface area contributed by atoms with Crippen LogP contribution in [0.2, 0.25) is 0 Å². The zero-order valence-corrected chi connectivity index (χ0v) is 8.90. The minimum Gasteiger partial charge on any atom is -0.329 e. The summed E-state index contributed by atoms with van der Waals surface area (Å²) >= 11 is 1.65. The smallest absolute Gasteiger partial charge is 0.168 e. The van der Waals surface area contributed by atoms with E-state index in [1.807, 2.05) is 24.9 Å². The Morgan fingerprint density at radius 2 is 2.21 bits per heavy atom. The quantitative estimate of drug-likeness (QED) is 0.703. The van der Waals surface area contributed by atoms with E-state index in [1.165, 1.54) is 0 Å². The Hall–Kier alpha value is -1.30. The average molecular weight is 209 g/mol. The largest absolute Gasteiger partial charge is 0.329 e. The monoisotopic (exact) mass is 209 g/mol. The second-order valence-electron chi connectivity index (χ2n) is 2.91. The van der Waals surface area contributed by atoms with E-state index in [0.29, 0.717) is 0 Å². The van der Waals surface area contributed by atoms with Gasteiger partial charge in [-0.25, -0.2) is 9.97 Å². The Balaban J connectivity index is 2.02. The van der Waals surface area contributed by atoms with Gasteiger partial charge in [0.2, 0.25) is 0 Å². The summed E-state index contributed by atoms with van der Waals surface area (Å²) < 4.78 is 3.76. The molecular formula is C8H11N5S. The Kier molecular flexibility index (Phi) is 2.53. The molecule has 0 atom stereocenters. The molecule has 0 saturated carbocycles. The van der Waals surface area contributed by atoms with Crippen LogP contribution in [0.4, 0.5) is 0 Å². The standard InChI is InChI=1S/C8H11N5S/c1-12-4-3-9-8(12)14-5-7-10-6-11-13(7)2/h3-4,6H,5H2,1-2H3. The van der Waals surface area contributed by atoms with Gasteiger partial charge in [-0.15, -0.1) is 0 Å². The Morgan fingerprint density at radius 1 is 1.36 bits per heavy atom. The number of imidazole rings is 1. The van der Waals surface area contributed by atoms with Crippen molar-refractivity contribution < 1.29 is 0 Å². The van der Waals surface area contributed by atoms with Crippen LogP contribution in [0.25, 0.3) is 0 Å². The molecule has 0 amide bonds. The number of hydrogen-bond donors (Lipinski definition) is 0. The molecule has 0 N–H and O–H groups in total. The summed E-state index contributed by atoms with van der Waals surface area (Å²) in [5, 5.41) is 5.00. The second-order valence-corrected chi connectivity index (χ2v) is 3.85. The molecule has 0 aliphatic rings. The van der Waals surface area contributed by atoms with Gasteiger partial charge in [-0.3, -0.25) is 4.68 Å². The minimum atomic E-state index is 0.793. The third kappa shape index (κ3) is 1.79. The van der Waals surface area contributed by atoms with E-state index in [-0.39, 0.29) is 0 Å². The predicted octanol–water partition coefficient (Wildman–Crippen LogP) is 0.841. The van der Waals surface area contributed by atoms with Gasteiger partial charge in [0.1, 0.15) is 12.2 Å². The summed E-state index contributed by atoms with van der Waals surface area (Å²) in [6.45, 7) is 0. The maximum absolute atomic E-state index is 4.21. The molecule has 0 saturated heterocycles. The highest BCUT2D eigenvalue weighted by Gasteiger charge is 2.04. The van der Waals surface area contributed by atoms with Gasteiger partial charge in [0.15, 0.2) is 5.16 Å². The van der Waals surface area contributed by atoms with E-state index in [1.54, 1.807) is 29.0 Å². The van der Waals surface area contributed by atoms with Crippen molar-refractivity contribution in [2.75, 3.05) is 0 Å². The molecule has 0 aromatic carbocycles. The van der Waals surface area contributed by atoms with Crippen molar-refractivity contribution in [1.82, 2.24) is 24.3 Å². The Labute approximate surface area is 86.2 Å². The molecule has 6 heteroatoms. The van der Waals surface area contributed by atoms with Crippen LogP contribution in [0, 0.1) is 0 Å². The highest BCUT2D eigenvalue weighted by Crippen LogP contribution is 2.18. The summed E-state index contributed by atoms with van der Waals surface area (Å²) in [5.74, 6) is 1.75. The third-order valence-corrected chi connectivity index (χ3v) is 2.97. The van der Waals surface area contributed by atoms with Gasteiger partial charge in [-0.2, -0.15) is 5.10 Å². The molecule has 2 rings (SSSR count). The van der Waals surface area contributed by atoms with Crippen LogP contribution in [0.1, 0.15) is 5.82 Å². The molecule has 0 spiro atoms. The summed E-state index contributed by atoms with van der Waals surface area (Å²) in [4.78, 5) is 8.35. The first-order valence-electron chi connectivity index (χ1n) is 4.20. The molecule has 0 unspecified atom stereocenters. The SMILES string of the molecule is Cn1ccnc1SCc1ncnn1C. The summed E-state index contributed by atoms with van der Waals surface area (Å²) in [6, 6.07) is 0. The fraction of sp³-hybridized carbons (Fsp3) is 0.375. The molecule has 0 radical (unpaired) electrons. The van der Waals surface area contributed by atoms with Gasteiger partial charge < -0.3 is 4.57 Å². The van der Waals surface area contributed by atoms with Crippen molar-refractivity contribution in [2.45, 2.75) is 10.9 Å². The maximum atomic E-state index is 4.21. The van der Waals surface area contributed by atoms with E-state index < -0.39 is 0 Å². The molecule has 2 aromatic rings. The normalized spacial score (nSPS) is 10.7. The van der Waals surface area contributed by atoms with Crippen LogP contribution < -0.4 is 0 Å². The van der Waals surface area contributed by atoms with Crippen LogP contribution in [0.3, 0.4) is 0 Å². The van der Waals surface area contributed by atoms with Crippen molar-refractivity contribution in [3.8, 4) is 0 Å². The van der Waals surface area contributed by atoms with Gasteiger partial charge in [0.25, 0.3) is 0 Å². The minimum absolute atomic E-state index is 0.793. The maximum Gasteiger partial charge on any atom is 0.168 e. The van der Waals surface area contributed by atoms with E-state index in [0.717, 1.165) is 16.7 Å². The van der Waals surface area contributed by atoms with Crippen LogP contribution in [-0.2, 0) is 19.8 Å². The van der Waals surface area contributed by atoms with E-state index in [9.17, 15) is 0 Å². The van der Waals surface area contributed by atoms with E-state index in [4.69, 9.17) is 0 Å². The molecule has 0 fully saturated rings. The molecule has 2 aromatic heterocycles. The molecule has 0 aliphatic carbocycles. The number of rotatable bonds is 3. The van der Waals surface area contributed by atoms with Crippen molar-refractivity contribution in [3.63, 3.8) is 0 Å². The lowest BCUT2D eigenvalue weighted by Crippen LogP contribution is -1.98. The van der Waals surface area contributed by atoms with Crippen LogP contribution >= 0.6 is 11.8 Å². The van der Waals surface area contributed by atoms with E-state index in [2.05, 4.69) is 15.1 Å². The van der Waals surface area contributed by atoms with Crippen LogP contribution in [-0.4, -0.2) is 24.3 Å². The van der Waals surface area contributed by atoms with Crippen LogP contribution in [0.15, 0.2) is 23.9 Å². The van der Waals surface area contributed by atoms with Crippen molar-refractivity contribution in [2.24, 2.45) is 14.1 Å². The lowest BCUT2D eigenvalue weighted by Gasteiger charge is -2.00. The van der Waals surface area contributed by atoms with Gasteiger partial charge in [0, 0.05) is 26.5 Å². The third-order valence-electron chi connectivity index (χ3n) is 1.91. The second kappa shape index (κ2) is 3.83. The van der Waals surface area contributed by atoms with Gasteiger partial charge in [-0.1, -0.05) is 11.8 Å². The number of nitrogens with zero attached hydrogens (tertiary/aromatic N) is 5. The summed E-state index contributed by atoms with van der Waals surface area (Å²) in [5.41, 5.74) is 0. The number of aromatic nitrogens is 5. The fourth-order valence-electron chi connectivity index (χ4n) is 1.07.